The molecular formula is C28H36N2O7S. The van der Waals surface area contributed by atoms with Gasteiger partial charge >= 0.3 is 5.97 Å². The van der Waals surface area contributed by atoms with Gasteiger partial charge in [0.2, 0.25) is 15.9 Å². The van der Waals surface area contributed by atoms with Crippen LogP contribution >= 0.6 is 0 Å². The summed E-state index contributed by atoms with van der Waals surface area (Å²) in [5.41, 5.74) is 1.02. The zero-order chi connectivity index (χ0) is 27.9. The fraction of sp³-hybridized carbons (Fsp3) is 0.464. The molecule has 10 heteroatoms. The number of carboxylic acids is 1. The molecule has 0 saturated carbocycles. The molecule has 0 bridgehead atoms. The summed E-state index contributed by atoms with van der Waals surface area (Å²) in [7, 11) is -2.34. The normalized spacial score (nSPS) is 16.1. The largest absolute Gasteiger partial charge is 0.480 e. The van der Waals surface area contributed by atoms with Crippen LogP contribution in [0.25, 0.3) is 0 Å². The number of likely N-dealkylation sites (N-methyl/N-ethyl adjacent to an activating group) is 1. The lowest BCUT2D eigenvalue weighted by Crippen LogP contribution is -2.46. The van der Waals surface area contributed by atoms with Crippen molar-refractivity contribution in [1.29, 1.82) is 0 Å². The quantitative estimate of drug-likeness (QED) is 0.408. The summed E-state index contributed by atoms with van der Waals surface area (Å²) in [5.74, 6) is -2.68. The molecule has 2 aromatic rings. The molecule has 1 aliphatic heterocycles. The molecule has 1 fully saturated rings. The summed E-state index contributed by atoms with van der Waals surface area (Å²) < 4.78 is 32.8. The van der Waals surface area contributed by atoms with Crippen molar-refractivity contribution >= 4 is 27.7 Å². The van der Waals surface area contributed by atoms with Crippen LogP contribution in [0, 0.1) is 11.8 Å². The molecule has 0 radical (unpaired) electrons. The Balaban J connectivity index is 1.86. The maximum Gasteiger partial charge on any atom is 0.326 e. The number of rotatable bonds is 12. The summed E-state index contributed by atoms with van der Waals surface area (Å²) in [6.45, 7) is 4.86. The Morgan fingerprint density at radius 2 is 1.68 bits per heavy atom. The minimum absolute atomic E-state index is 0.0104. The van der Waals surface area contributed by atoms with E-state index < -0.39 is 33.9 Å². The van der Waals surface area contributed by atoms with Gasteiger partial charge in [-0.25, -0.2) is 13.2 Å². The number of hydrogen-bond donors (Lipinski definition) is 1. The lowest BCUT2D eigenvalue weighted by Gasteiger charge is -2.30. The van der Waals surface area contributed by atoms with Crippen molar-refractivity contribution in [3.8, 4) is 0 Å². The molecule has 9 nitrogen and oxygen atoms in total. The molecule has 0 aromatic heterocycles. The number of ketones is 1. The lowest BCUT2D eigenvalue weighted by atomic mass is 9.90. The smallest absolute Gasteiger partial charge is 0.326 e. The van der Waals surface area contributed by atoms with Crippen LogP contribution in [0.15, 0.2) is 59.5 Å². The second-order valence-electron chi connectivity index (χ2n) is 9.99. The average Bonchev–Trinajstić information content (AvgIpc) is 2.91. The van der Waals surface area contributed by atoms with Gasteiger partial charge in [0.15, 0.2) is 5.78 Å². The molecule has 0 spiro atoms. The van der Waals surface area contributed by atoms with Crippen LogP contribution < -0.4 is 0 Å². The van der Waals surface area contributed by atoms with Crippen molar-refractivity contribution in [2.75, 3.05) is 33.4 Å². The maximum absolute atomic E-state index is 13.6. The molecule has 1 amide bonds. The number of carbonyl (C=O) groups excluding carboxylic acids is 2. The fourth-order valence-electron chi connectivity index (χ4n) is 4.57. The van der Waals surface area contributed by atoms with Crippen LogP contribution in [0.2, 0.25) is 0 Å². The molecule has 2 atom stereocenters. The van der Waals surface area contributed by atoms with Crippen molar-refractivity contribution in [3.05, 3.63) is 65.7 Å². The second kappa shape index (κ2) is 13.1. The number of carboxylic acid groups (broad SMARTS) is 1. The Labute approximate surface area is 224 Å². The van der Waals surface area contributed by atoms with E-state index in [1.54, 1.807) is 0 Å². The number of morpholine rings is 1. The molecule has 1 heterocycles. The fourth-order valence-corrected chi connectivity index (χ4v) is 6.02. The zero-order valence-electron chi connectivity index (χ0n) is 22.1. The number of benzene rings is 2. The number of Topliss-reactive ketones (excluding diaryl/α,β-unsaturated/α-hetero) is 1. The third kappa shape index (κ3) is 7.49. The predicted octanol–water partition coefficient (Wildman–Crippen LogP) is 3.10. The van der Waals surface area contributed by atoms with E-state index in [4.69, 9.17) is 4.74 Å². The number of amides is 1. The highest BCUT2D eigenvalue weighted by atomic mass is 32.2. The van der Waals surface area contributed by atoms with Crippen LogP contribution in [0.1, 0.15) is 42.6 Å². The Kier molecular flexibility index (Phi) is 10.2. The Hall–Kier alpha value is -3.08. The summed E-state index contributed by atoms with van der Waals surface area (Å²) in [6, 6.07) is 14.1. The monoisotopic (exact) mass is 544 g/mol. The van der Waals surface area contributed by atoms with Crippen molar-refractivity contribution in [2.45, 2.75) is 44.0 Å². The number of sulfonamides is 1. The van der Waals surface area contributed by atoms with Crippen molar-refractivity contribution in [3.63, 3.8) is 0 Å². The first kappa shape index (κ1) is 29.5. The summed E-state index contributed by atoms with van der Waals surface area (Å²) in [5, 5.41) is 9.76. The summed E-state index contributed by atoms with van der Waals surface area (Å²) in [4.78, 5) is 40.1. The van der Waals surface area contributed by atoms with Crippen LogP contribution in [-0.2, 0) is 30.8 Å². The van der Waals surface area contributed by atoms with Gasteiger partial charge in [-0.2, -0.15) is 4.31 Å². The van der Waals surface area contributed by atoms with Gasteiger partial charge in [0.25, 0.3) is 0 Å². The predicted molar refractivity (Wildman–Crippen MR) is 142 cm³/mol. The van der Waals surface area contributed by atoms with Crippen LogP contribution in [0.5, 0.6) is 0 Å². The topological polar surface area (TPSA) is 121 Å². The lowest BCUT2D eigenvalue weighted by molar-refractivity contribution is -0.151. The highest BCUT2D eigenvalue weighted by molar-refractivity contribution is 7.89. The third-order valence-electron chi connectivity index (χ3n) is 6.66. The molecule has 1 unspecified atom stereocenters. The Morgan fingerprint density at radius 3 is 2.29 bits per heavy atom. The first-order valence-corrected chi connectivity index (χ1v) is 14.2. The van der Waals surface area contributed by atoms with Gasteiger partial charge in [0.05, 0.1) is 18.1 Å². The highest BCUT2D eigenvalue weighted by Crippen LogP contribution is 2.23. The molecule has 206 valence electrons. The van der Waals surface area contributed by atoms with Gasteiger partial charge in [-0.15, -0.1) is 0 Å². The molecule has 1 aliphatic rings. The maximum atomic E-state index is 13.6. The molecule has 3 rings (SSSR count). The number of carbonyl (C=O) groups is 3. The van der Waals surface area contributed by atoms with E-state index in [2.05, 4.69) is 0 Å². The Morgan fingerprint density at radius 1 is 1.03 bits per heavy atom. The van der Waals surface area contributed by atoms with Gasteiger partial charge in [-0.3, -0.25) is 9.59 Å². The van der Waals surface area contributed by atoms with E-state index >= 15 is 0 Å². The first-order valence-electron chi connectivity index (χ1n) is 12.7. The van der Waals surface area contributed by atoms with Gasteiger partial charge < -0.3 is 14.7 Å². The van der Waals surface area contributed by atoms with Gasteiger partial charge in [-0.05, 0) is 36.5 Å². The molecular weight excluding hydrogens is 508 g/mol. The van der Waals surface area contributed by atoms with E-state index in [1.165, 1.54) is 40.5 Å². The van der Waals surface area contributed by atoms with Crippen molar-refractivity contribution < 1.29 is 32.6 Å². The minimum Gasteiger partial charge on any atom is -0.480 e. The van der Waals surface area contributed by atoms with E-state index in [-0.39, 0.29) is 54.5 Å². The zero-order valence-corrected chi connectivity index (χ0v) is 22.9. The summed E-state index contributed by atoms with van der Waals surface area (Å²) in [6.07, 6.45) is 0.341. The number of hydrogen-bond acceptors (Lipinski definition) is 6. The average molecular weight is 545 g/mol. The highest BCUT2D eigenvalue weighted by Gasteiger charge is 2.33. The van der Waals surface area contributed by atoms with E-state index in [9.17, 15) is 27.9 Å². The summed E-state index contributed by atoms with van der Waals surface area (Å²) >= 11 is 0. The first-order chi connectivity index (χ1) is 18.0. The Bertz CT molecular complexity index is 1220. The molecule has 1 N–H and O–H groups in total. The van der Waals surface area contributed by atoms with E-state index in [0.29, 0.717) is 13.2 Å². The molecule has 0 aliphatic carbocycles. The molecule has 2 aromatic carbocycles. The van der Waals surface area contributed by atoms with Gasteiger partial charge in [0.1, 0.15) is 6.04 Å². The number of aliphatic carboxylic acids is 1. The third-order valence-corrected chi connectivity index (χ3v) is 8.56. The van der Waals surface area contributed by atoms with Crippen LogP contribution in [0.3, 0.4) is 0 Å². The van der Waals surface area contributed by atoms with Crippen LogP contribution in [0.4, 0.5) is 0 Å². The van der Waals surface area contributed by atoms with Crippen LogP contribution in [-0.4, -0.2) is 79.8 Å². The molecule has 1 saturated heterocycles. The number of nitrogens with zero attached hydrogens (tertiary/aromatic N) is 2. The standard InChI is InChI=1S/C28H36N2O7S/c1-20(2)16-25(28(33)34)29(3)27(32)23(17-21-8-5-4-6-9-21)19-26(31)22-10-7-11-24(18-22)38(35,36)30-12-14-37-15-13-30/h4-11,18,20,23,25H,12-17,19H2,1-3H3,(H,33,34)/t23?,25-/m1/s1. The second-order valence-corrected chi connectivity index (χ2v) is 11.9. The number of ether oxygens (including phenoxy) is 1. The van der Waals surface area contributed by atoms with E-state index in [0.717, 1.165) is 5.56 Å². The SMILES string of the molecule is CC(C)C[C@H](C(=O)O)N(C)C(=O)C(CC(=O)c1cccc(S(=O)(=O)N2CCOCC2)c1)Cc1ccccc1. The van der Waals surface area contributed by atoms with Crippen molar-refractivity contribution in [1.82, 2.24) is 9.21 Å². The molecule has 38 heavy (non-hydrogen) atoms. The van der Waals surface area contributed by atoms with Gasteiger partial charge in [0, 0.05) is 38.0 Å². The van der Waals surface area contributed by atoms with Crippen molar-refractivity contribution in [2.24, 2.45) is 11.8 Å². The van der Waals surface area contributed by atoms with E-state index in [1.807, 2.05) is 44.2 Å². The van der Waals surface area contributed by atoms with Gasteiger partial charge in [-0.1, -0.05) is 56.3 Å². The minimum atomic E-state index is -3.80.